The van der Waals surface area contributed by atoms with Crippen molar-refractivity contribution in [2.75, 3.05) is 18.0 Å². The van der Waals surface area contributed by atoms with Crippen LogP contribution in [0.3, 0.4) is 0 Å². The number of hydrogen-bond acceptors (Lipinski definition) is 3. The van der Waals surface area contributed by atoms with Crippen molar-refractivity contribution in [3.63, 3.8) is 0 Å². The van der Waals surface area contributed by atoms with E-state index in [4.69, 9.17) is 4.98 Å². The Bertz CT molecular complexity index is 1030. The molecular weight excluding hydrogens is 334 g/mol. The fraction of sp³-hybridized carbons (Fsp3) is 0.400. The summed E-state index contributed by atoms with van der Waals surface area (Å²) in [5, 5.41) is 0.960. The monoisotopic (exact) mass is 356 g/mol. The minimum absolute atomic E-state index is 0.150. The molecule has 0 saturated carbocycles. The summed E-state index contributed by atoms with van der Waals surface area (Å²) in [7, 11) is 0. The molecule has 136 valence electrons. The van der Waals surface area contributed by atoms with E-state index in [0.29, 0.717) is 5.95 Å². The fourth-order valence-electron chi connectivity index (χ4n) is 3.65. The average molecular weight is 356 g/mol. The van der Waals surface area contributed by atoms with Crippen LogP contribution in [0, 0.1) is 13.8 Å². The summed E-state index contributed by atoms with van der Waals surface area (Å²) in [4.78, 5) is 11.5. The number of rotatable bonds is 2. The normalized spacial score (nSPS) is 17.2. The van der Waals surface area contributed by atoms with E-state index < -0.39 is 5.92 Å². The van der Waals surface area contributed by atoms with Crippen molar-refractivity contribution >= 4 is 28.1 Å². The standard InChI is InChI=1S/C20H22F2N4/c1-12(2)15-9-13(3)10-16-17(15)24-19(26-11-14(4)23-18(16)26)25-7-5-20(21,22)6-8-25/h9-11H,1,5-8H2,2-4H3. The first-order chi connectivity index (χ1) is 12.2. The molecule has 0 amide bonds. The van der Waals surface area contributed by atoms with Gasteiger partial charge in [0.05, 0.1) is 11.2 Å². The van der Waals surface area contributed by atoms with E-state index in [1.165, 1.54) is 0 Å². The molecule has 0 spiro atoms. The highest BCUT2D eigenvalue weighted by Gasteiger charge is 2.35. The maximum Gasteiger partial charge on any atom is 0.251 e. The molecule has 4 rings (SSSR count). The Hall–Kier alpha value is -2.50. The van der Waals surface area contributed by atoms with Gasteiger partial charge in [-0.25, -0.2) is 18.7 Å². The minimum atomic E-state index is -2.59. The summed E-state index contributed by atoms with van der Waals surface area (Å²) in [5.74, 6) is -1.91. The Labute approximate surface area is 151 Å². The van der Waals surface area contributed by atoms with Crippen LogP contribution in [0.15, 0.2) is 24.9 Å². The van der Waals surface area contributed by atoms with Crippen molar-refractivity contribution in [1.82, 2.24) is 14.4 Å². The molecule has 1 aliphatic heterocycles. The number of nitrogens with zero attached hydrogens (tertiary/aromatic N) is 4. The van der Waals surface area contributed by atoms with E-state index in [9.17, 15) is 8.78 Å². The molecule has 1 aliphatic rings. The van der Waals surface area contributed by atoms with E-state index in [1.54, 1.807) is 0 Å². The molecule has 4 nitrogen and oxygen atoms in total. The second-order valence-corrected chi connectivity index (χ2v) is 7.32. The van der Waals surface area contributed by atoms with Gasteiger partial charge < -0.3 is 4.90 Å². The van der Waals surface area contributed by atoms with Crippen LogP contribution in [0.4, 0.5) is 14.7 Å². The minimum Gasteiger partial charge on any atom is -0.341 e. The van der Waals surface area contributed by atoms with Crippen LogP contribution in [0.1, 0.15) is 36.6 Å². The number of hydrogen-bond donors (Lipinski definition) is 0. The van der Waals surface area contributed by atoms with Crippen molar-refractivity contribution in [2.24, 2.45) is 0 Å². The molecule has 3 heterocycles. The van der Waals surface area contributed by atoms with Gasteiger partial charge in [-0.05, 0) is 44.0 Å². The molecule has 2 aromatic heterocycles. The highest BCUT2D eigenvalue weighted by molar-refractivity contribution is 5.99. The number of piperidine rings is 1. The first kappa shape index (κ1) is 16.9. The highest BCUT2D eigenvalue weighted by Crippen LogP contribution is 2.33. The summed E-state index contributed by atoms with van der Waals surface area (Å²) in [5.41, 5.74) is 5.53. The summed E-state index contributed by atoms with van der Waals surface area (Å²) in [6.45, 7) is 10.6. The van der Waals surface area contributed by atoms with Crippen molar-refractivity contribution in [1.29, 1.82) is 0 Å². The van der Waals surface area contributed by atoms with Gasteiger partial charge in [0.2, 0.25) is 5.95 Å². The van der Waals surface area contributed by atoms with Crippen LogP contribution in [0.5, 0.6) is 0 Å². The van der Waals surface area contributed by atoms with E-state index in [1.807, 2.05) is 36.3 Å². The van der Waals surface area contributed by atoms with Crippen molar-refractivity contribution in [2.45, 2.75) is 39.5 Å². The third-order valence-corrected chi connectivity index (χ3v) is 4.99. The first-order valence-corrected chi connectivity index (χ1v) is 8.84. The second kappa shape index (κ2) is 5.76. The number of aromatic nitrogens is 3. The largest absolute Gasteiger partial charge is 0.341 e. The molecule has 0 atom stereocenters. The van der Waals surface area contributed by atoms with Gasteiger partial charge in [0.25, 0.3) is 5.92 Å². The first-order valence-electron chi connectivity index (χ1n) is 8.84. The number of allylic oxidation sites excluding steroid dienone is 1. The Morgan fingerprint density at radius 2 is 1.85 bits per heavy atom. The summed E-state index contributed by atoms with van der Waals surface area (Å²) in [6, 6.07) is 4.14. The Kier molecular flexibility index (Phi) is 3.75. The number of aryl methyl sites for hydroxylation is 2. The Morgan fingerprint density at radius 3 is 2.50 bits per heavy atom. The summed E-state index contributed by atoms with van der Waals surface area (Å²) < 4.78 is 29.1. The second-order valence-electron chi connectivity index (χ2n) is 7.32. The van der Waals surface area contributed by atoms with Crippen LogP contribution >= 0.6 is 0 Å². The molecule has 0 unspecified atom stereocenters. The zero-order valence-electron chi connectivity index (χ0n) is 15.3. The molecule has 0 aliphatic carbocycles. The molecule has 3 aromatic rings. The van der Waals surface area contributed by atoms with E-state index in [2.05, 4.69) is 23.7 Å². The van der Waals surface area contributed by atoms with Crippen LogP contribution in [-0.2, 0) is 0 Å². The average Bonchev–Trinajstić information content (AvgIpc) is 2.95. The lowest BCUT2D eigenvalue weighted by atomic mass is 10.0. The van der Waals surface area contributed by atoms with E-state index in [-0.39, 0.29) is 25.9 Å². The third kappa shape index (κ3) is 2.73. The van der Waals surface area contributed by atoms with Gasteiger partial charge in [0, 0.05) is 43.1 Å². The zero-order chi connectivity index (χ0) is 18.6. The predicted octanol–water partition coefficient (Wildman–Crippen LogP) is 4.77. The number of halogens is 2. The van der Waals surface area contributed by atoms with Gasteiger partial charge in [-0.3, -0.25) is 4.40 Å². The van der Waals surface area contributed by atoms with Gasteiger partial charge in [-0.15, -0.1) is 0 Å². The number of alkyl halides is 2. The van der Waals surface area contributed by atoms with Gasteiger partial charge >= 0.3 is 0 Å². The Balaban J connectivity index is 1.99. The van der Waals surface area contributed by atoms with Crippen LogP contribution < -0.4 is 4.90 Å². The van der Waals surface area contributed by atoms with Crippen molar-refractivity contribution < 1.29 is 8.78 Å². The maximum absolute atomic E-state index is 13.6. The number of imidazole rings is 1. The van der Waals surface area contributed by atoms with Crippen LogP contribution in [-0.4, -0.2) is 33.4 Å². The summed E-state index contributed by atoms with van der Waals surface area (Å²) >= 11 is 0. The lowest BCUT2D eigenvalue weighted by Crippen LogP contribution is -2.40. The summed E-state index contributed by atoms with van der Waals surface area (Å²) in [6.07, 6.45) is 1.62. The predicted molar refractivity (Wildman–Crippen MR) is 101 cm³/mol. The smallest absolute Gasteiger partial charge is 0.251 e. The van der Waals surface area contributed by atoms with Gasteiger partial charge in [0.1, 0.15) is 5.65 Å². The lowest BCUT2D eigenvalue weighted by Gasteiger charge is -2.33. The van der Waals surface area contributed by atoms with Gasteiger partial charge in [-0.2, -0.15) is 0 Å². The van der Waals surface area contributed by atoms with Crippen molar-refractivity contribution in [3.05, 3.63) is 41.7 Å². The van der Waals surface area contributed by atoms with Crippen LogP contribution in [0.2, 0.25) is 0 Å². The highest BCUT2D eigenvalue weighted by atomic mass is 19.3. The number of benzene rings is 1. The molecular formula is C20H22F2N4. The molecule has 0 radical (unpaired) electrons. The topological polar surface area (TPSA) is 33.4 Å². The molecule has 1 fully saturated rings. The fourth-order valence-corrected chi connectivity index (χ4v) is 3.65. The Morgan fingerprint density at radius 1 is 1.15 bits per heavy atom. The van der Waals surface area contributed by atoms with E-state index >= 15 is 0 Å². The SMILES string of the molecule is C=C(C)c1cc(C)cc2c1nc(N1CCC(F)(F)CC1)n1cc(C)nc21. The third-order valence-electron chi connectivity index (χ3n) is 4.99. The lowest BCUT2D eigenvalue weighted by molar-refractivity contribution is -0.0222. The molecule has 6 heteroatoms. The van der Waals surface area contributed by atoms with E-state index in [0.717, 1.165) is 38.9 Å². The maximum atomic E-state index is 13.6. The quantitative estimate of drug-likeness (QED) is 0.663. The number of anilines is 1. The zero-order valence-corrected chi connectivity index (χ0v) is 15.3. The van der Waals surface area contributed by atoms with Gasteiger partial charge in [-0.1, -0.05) is 6.58 Å². The molecule has 1 saturated heterocycles. The molecule has 26 heavy (non-hydrogen) atoms. The molecule has 0 N–H and O–H groups in total. The molecule has 0 bridgehead atoms. The number of fused-ring (bicyclic) bond motifs is 3. The van der Waals surface area contributed by atoms with Crippen molar-refractivity contribution in [3.8, 4) is 0 Å². The van der Waals surface area contributed by atoms with Crippen LogP contribution in [0.25, 0.3) is 22.1 Å². The van der Waals surface area contributed by atoms with Gasteiger partial charge in [0.15, 0.2) is 0 Å². The molecule has 1 aromatic carbocycles.